The summed E-state index contributed by atoms with van der Waals surface area (Å²) in [6, 6.07) is 17.4. The van der Waals surface area contributed by atoms with Crippen LogP contribution in [-0.2, 0) is 14.1 Å². The summed E-state index contributed by atoms with van der Waals surface area (Å²) < 4.78 is 17.2. The van der Waals surface area contributed by atoms with E-state index in [0.717, 1.165) is 12.2 Å². The number of carbonyl (C=O) groups excluding carboxylic acids is 2. The molecular formula is C20H18O6U. The van der Waals surface area contributed by atoms with Crippen LogP contribution in [0.1, 0.15) is 25.0 Å². The molecule has 7 heteroatoms. The van der Waals surface area contributed by atoms with Crippen LogP contribution in [-0.4, -0.2) is 11.6 Å². The van der Waals surface area contributed by atoms with Crippen LogP contribution in [0.3, 0.4) is 0 Å². The van der Waals surface area contributed by atoms with Crippen LogP contribution in [0.15, 0.2) is 72.8 Å². The van der Waals surface area contributed by atoms with E-state index in [1.807, 2.05) is 12.1 Å². The van der Waals surface area contributed by atoms with Gasteiger partial charge in [-0.15, -0.1) is 0 Å². The van der Waals surface area contributed by atoms with Crippen LogP contribution >= 0.6 is 0 Å². The average molecular weight is 592 g/mol. The molecule has 0 saturated carbocycles. The van der Waals surface area contributed by atoms with Crippen molar-refractivity contribution in [2.75, 3.05) is 0 Å². The van der Waals surface area contributed by atoms with Crippen LogP contribution in [0, 0.1) is 27.8 Å². The molecule has 0 aliphatic carbocycles. The number of allylic oxidation sites excluding steroid dienone is 2. The van der Waals surface area contributed by atoms with E-state index in [1.54, 1.807) is 48.5 Å². The number of ketones is 2. The average Bonchev–Trinajstić information content (AvgIpc) is 2.63. The third-order valence-corrected chi connectivity index (χ3v) is 2.79. The Bertz CT molecular complexity index is 755. The van der Waals surface area contributed by atoms with Crippen LogP contribution in [0.4, 0.5) is 0 Å². The first-order valence-electron chi connectivity index (χ1n) is 7.70. The monoisotopic (exact) mass is 592 g/mol. The van der Waals surface area contributed by atoms with Crippen molar-refractivity contribution in [3.63, 3.8) is 0 Å². The molecular weight excluding hydrogens is 574 g/mol. The molecule has 0 unspecified atom stereocenters. The Labute approximate surface area is 172 Å². The van der Waals surface area contributed by atoms with E-state index in [9.17, 15) is 19.8 Å². The van der Waals surface area contributed by atoms with Gasteiger partial charge in [-0.2, -0.15) is 0 Å². The van der Waals surface area contributed by atoms with Crippen LogP contribution in [0.2, 0.25) is 0 Å². The zero-order chi connectivity index (χ0) is 20.7. The van der Waals surface area contributed by atoms with Gasteiger partial charge in [0.15, 0.2) is 11.6 Å². The second kappa shape index (κ2) is 14.7. The summed E-state index contributed by atoms with van der Waals surface area (Å²) in [7, 11) is 0. The summed E-state index contributed by atoms with van der Waals surface area (Å²) >= 11 is -2.51. The number of hydrogen-bond donors (Lipinski definition) is 0. The van der Waals surface area contributed by atoms with Gasteiger partial charge in [0.05, 0.1) is 0 Å². The van der Waals surface area contributed by atoms with E-state index in [2.05, 4.69) is 0 Å². The number of benzene rings is 2. The van der Waals surface area contributed by atoms with Gasteiger partial charge in [-0.05, 0) is 37.1 Å². The number of carbonyl (C=O) groups is 2. The third-order valence-electron chi connectivity index (χ3n) is 2.79. The molecule has 0 amide bonds. The fourth-order valence-corrected chi connectivity index (χ4v) is 1.74. The zero-order valence-electron chi connectivity index (χ0n) is 14.9. The maximum absolute atomic E-state index is 11.2. The van der Waals surface area contributed by atoms with Crippen molar-refractivity contribution in [1.29, 1.82) is 0 Å². The SMILES string of the molecule is CC(=O)C=C([O-])c1ccccc1.CC(=O)C=C([O-])c1ccccc1.[O]=[U+2]=[O]. The Hall–Kier alpha value is -2.49. The molecule has 0 atom stereocenters. The van der Waals surface area contributed by atoms with Gasteiger partial charge in [0, 0.05) is 0 Å². The standard InChI is InChI=1S/2C10H10O2.2O.U/c2*1-8(11)7-10(12)9-5-3-2-4-6-9;;;/h2*2-7,12H,1H3;;;/q;;;;+2/p-2. The van der Waals surface area contributed by atoms with Crippen molar-refractivity contribution in [2.45, 2.75) is 13.8 Å². The molecule has 0 spiro atoms. The minimum absolute atomic E-state index is 0.219. The Kier molecular flexibility index (Phi) is 13.3. The molecule has 138 valence electrons. The fraction of sp³-hybridized carbons (Fsp3) is 0.100. The Morgan fingerprint density at radius 1 is 0.704 bits per heavy atom. The molecule has 27 heavy (non-hydrogen) atoms. The van der Waals surface area contributed by atoms with Crippen molar-refractivity contribution < 1.29 is 52.1 Å². The second-order valence-corrected chi connectivity index (χ2v) is 5.75. The molecule has 0 fully saturated rings. The minimum atomic E-state index is -2.51. The fourth-order valence-electron chi connectivity index (χ4n) is 1.74. The Morgan fingerprint density at radius 2 is 0.963 bits per heavy atom. The summed E-state index contributed by atoms with van der Waals surface area (Å²) in [4.78, 5) is 21.1. The molecule has 0 aromatic heterocycles. The third kappa shape index (κ3) is 12.5. The molecule has 0 radical (unpaired) electrons. The van der Waals surface area contributed by atoms with E-state index in [1.165, 1.54) is 13.8 Å². The van der Waals surface area contributed by atoms with Crippen molar-refractivity contribution in [3.8, 4) is 0 Å². The van der Waals surface area contributed by atoms with Crippen LogP contribution < -0.4 is 10.2 Å². The van der Waals surface area contributed by atoms with Crippen LogP contribution in [0.5, 0.6) is 0 Å². The molecule has 0 aliphatic heterocycles. The predicted molar refractivity (Wildman–Crippen MR) is 91.6 cm³/mol. The number of hydrogen-bond acceptors (Lipinski definition) is 6. The molecule has 0 aliphatic rings. The van der Waals surface area contributed by atoms with Gasteiger partial charge in [0.25, 0.3) is 0 Å². The normalized spacial score (nSPS) is 10.3. The summed E-state index contributed by atoms with van der Waals surface area (Å²) in [6.45, 7) is 2.72. The van der Waals surface area contributed by atoms with Gasteiger partial charge in [-0.25, -0.2) is 0 Å². The summed E-state index contributed by atoms with van der Waals surface area (Å²) in [5, 5.41) is 22.4. The topological polar surface area (TPSA) is 114 Å². The van der Waals surface area contributed by atoms with E-state index >= 15 is 0 Å². The van der Waals surface area contributed by atoms with E-state index in [4.69, 9.17) is 4.47 Å². The van der Waals surface area contributed by atoms with Gasteiger partial charge in [0.1, 0.15) is 0 Å². The molecule has 0 saturated heterocycles. The molecule has 0 heterocycles. The van der Waals surface area contributed by atoms with Gasteiger partial charge >= 0.3 is 32.3 Å². The first-order valence-corrected chi connectivity index (χ1v) is 11.1. The van der Waals surface area contributed by atoms with Crippen molar-refractivity contribution in [3.05, 3.63) is 83.9 Å². The van der Waals surface area contributed by atoms with E-state index < -0.39 is 27.8 Å². The van der Waals surface area contributed by atoms with Gasteiger partial charge < -0.3 is 10.2 Å². The molecule has 2 rings (SSSR count). The van der Waals surface area contributed by atoms with Gasteiger partial charge in [-0.3, -0.25) is 9.59 Å². The van der Waals surface area contributed by atoms with Crippen LogP contribution in [0.25, 0.3) is 11.5 Å². The molecule has 0 bridgehead atoms. The summed E-state index contributed by atoms with van der Waals surface area (Å²) in [6.07, 6.45) is 2.19. The predicted octanol–water partition coefficient (Wildman–Crippen LogP) is 1.72. The quantitative estimate of drug-likeness (QED) is 0.395. The first kappa shape index (κ1) is 24.5. The Morgan fingerprint density at radius 3 is 1.19 bits per heavy atom. The van der Waals surface area contributed by atoms with Crippen molar-refractivity contribution in [2.24, 2.45) is 0 Å². The van der Waals surface area contributed by atoms with Crippen molar-refractivity contribution >= 4 is 23.1 Å². The number of rotatable bonds is 4. The Balaban J connectivity index is 0.000000438. The molecule has 6 nitrogen and oxygen atoms in total. The first-order chi connectivity index (χ1) is 12.8. The van der Waals surface area contributed by atoms with Gasteiger partial charge in [-0.1, -0.05) is 72.2 Å². The molecule has 0 N–H and O–H groups in total. The summed E-state index contributed by atoms with van der Waals surface area (Å²) in [5.41, 5.74) is 1.10. The molecule has 2 aromatic carbocycles. The summed E-state index contributed by atoms with van der Waals surface area (Å²) in [5.74, 6) is -0.904. The van der Waals surface area contributed by atoms with E-state index in [0.29, 0.717) is 11.1 Å². The zero-order valence-corrected chi connectivity index (χ0v) is 19.0. The van der Waals surface area contributed by atoms with Gasteiger partial charge in [0.2, 0.25) is 0 Å². The van der Waals surface area contributed by atoms with Crippen molar-refractivity contribution in [1.82, 2.24) is 0 Å². The van der Waals surface area contributed by atoms with E-state index in [-0.39, 0.29) is 23.1 Å². The second-order valence-electron chi connectivity index (χ2n) is 5.05. The maximum atomic E-state index is 11.2. The molecule has 2 aromatic rings.